The second-order valence-corrected chi connectivity index (χ2v) is 4.96. The normalized spacial score (nSPS) is 12.7. The van der Waals surface area contributed by atoms with Gasteiger partial charge in [-0.2, -0.15) is 5.10 Å². The highest BCUT2D eigenvalue weighted by Crippen LogP contribution is 2.25. The molecule has 6 heteroatoms. The molecule has 0 aliphatic rings. The van der Waals surface area contributed by atoms with Crippen molar-refractivity contribution in [3.8, 4) is 0 Å². The van der Waals surface area contributed by atoms with Gasteiger partial charge in [0, 0.05) is 12.7 Å². The lowest BCUT2D eigenvalue weighted by molar-refractivity contribution is 0.555. The van der Waals surface area contributed by atoms with Crippen molar-refractivity contribution in [2.75, 3.05) is 0 Å². The molecule has 1 atom stereocenters. The minimum atomic E-state index is -0.296. The Bertz CT molecular complexity index is 537. The van der Waals surface area contributed by atoms with Crippen LogP contribution in [0.1, 0.15) is 36.6 Å². The van der Waals surface area contributed by atoms with Crippen LogP contribution in [-0.4, -0.2) is 19.7 Å². The highest BCUT2D eigenvalue weighted by atomic mass is 79.9. The summed E-state index contributed by atoms with van der Waals surface area (Å²) in [6.45, 7) is 4.81. The Labute approximate surface area is 115 Å². The van der Waals surface area contributed by atoms with Crippen molar-refractivity contribution >= 4 is 15.9 Å². The SMILES string of the molecule is CCCn1ncc(Br)c1C(N)c1ccnc(C)n1. The molecule has 2 aromatic rings. The number of hydrogen-bond acceptors (Lipinski definition) is 4. The van der Waals surface area contributed by atoms with Gasteiger partial charge < -0.3 is 5.73 Å². The quantitative estimate of drug-likeness (QED) is 0.940. The van der Waals surface area contributed by atoms with Gasteiger partial charge in [0.25, 0.3) is 0 Å². The summed E-state index contributed by atoms with van der Waals surface area (Å²) >= 11 is 3.50. The van der Waals surface area contributed by atoms with Crippen molar-refractivity contribution in [1.29, 1.82) is 0 Å². The van der Waals surface area contributed by atoms with Crippen LogP contribution in [0.2, 0.25) is 0 Å². The summed E-state index contributed by atoms with van der Waals surface area (Å²) in [4.78, 5) is 8.46. The molecule has 2 rings (SSSR count). The number of rotatable bonds is 4. The average molecular weight is 310 g/mol. The van der Waals surface area contributed by atoms with Crippen molar-refractivity contribution in [1.82, 2.24) is 19.7 Å². The van der Waals surface area contributed by atoms with Crippen LogP contribution in [0.4, 0.5) is 0 Å². The minimum Gasteiger partial charge on any atom is -0.318 e. The summed E-state index contributed by atoms with van der Waals surface area (Å²) in [5.74, 6) is 0.723. The zero-order valence-corrected chi connectivity index (χ0v) is 12.1. The third kappa shape index (κ3) is 2.59. The molecule has 18 heavy (non-hydrogen) atoms. The van der Waals surface area contributed by atoms with Crippen molar-refractivity contribution < 1.29 is 0 Å². The number of nitrogens with two attached hydrogens (primary N) is 1. The van der Waals surface area contributed by atoms with Crippen LogP contribution in [-0.2, 0) is 6.54 Å². The molecule has 0 bridgehead atoms. The maximum atomic E-state index is 6.28. The fraction of sp³-hybridized carbons (Fsp3) is 0.417. The molecule has 0 aromatic carbocycles. The maximum Gasteiger partial charge on any atom is 0.125 e. The summed E-state index contributed by atoms with van der Waals surface area (Å²) in [5.41, 5.74) is 8.04. The van der Waals surface area contributed by atoms with E-state index in [1.807, 2.05) is 17.7 Å². The maximum absolute atomic E-state index is 6.28. The van der Waals surface area contributed by atoms with Gasteiger partial charge in [-0.1, -0.05) is 6.92 Å². The van der Waals surface area contributed by atoms with Gasteiger partial charge in [0.05, 0.1) is 28.1 Å². The highest BCUT2D eigenvalue weighted by molar-refractivity contribution is 9.10. The minimum absolute atomic E-state index is 0.296. The fourth-order valence-corrected chi connectivity index (χ4v) is 2.40. The van der Waals surface area contributed by atoms with E-state index >= 15 is 0 Å². The van der Waals surface area contributed by atoms with E-state index in [-0.39, 0.29) is 6.04 Å². The predicted molar refractivity (Wildman–Crippen MR) is 73.0 cm³/mol. The summed E-state index contributed by atoms with van der Waals surface area (Å²) in [5, 5.41) is 4.32. The third-order valence-electron chi connectivity index (χ3n) is 2.68. The molecule has 0 aliphatic carbocycles. The molecule has 0 spiro atoms. The number of nitrogens with zero attached hydrogens (tertiary/aromatic N) is 4. The van der Waals surface area contributed by atoms with E-state index < -0.39 is 0 Å². The molecule has 96 valence electrons. The first-order valence-electron chi connectivity index (χ1n) is 5.89. The number of aryl methyl sites for hydroxylation is 2. The zero-order valence-electron chi connectivity index (χ0n) is 10.5. The van der Waals surface area contributed by atoms with E-state index in [4.69, 9.17) is 5.73 Å². The Kier molecular flexibility index (Phi) is 4.08. The lowest BCUT2D eigenvalue weighted by atomic mass is 10.1. The lowest BCUT2D eigenvalue weighted by Gasteiger charge is -2.14. The van der Waals surface area contributed by atoms with E-state index in [0.29, 0.717) is 0 Å². The Hall–Kier alpha value is -1.27. The van der Waals surface area contributed by atoms with Crippen molar-refractivity contribution in [3.05, 3.63) is 40.1 Å². The molecule has 2 heterocycles. The Morgan fingerprint density at radius 2 is 2.28 bits per heavy atom. The first kappa shape index (κ1) is 13.2. The molecule has 0 radical (unpaired) electrons. The summed E-state index contributed by atoms with van der Waals surface area (Å²) in [6.07, 6.45) is 4.52. The van der Waals surface area contributed by atoms with Crippen LogP contribution in [0.25, 0.3) is 0 Å². The van der Waals surface area contributed by atoms with Crippen molar-refractivity contribution in [3.63, 3.8) is 0 Å². The molecular formula is C12H16BrN5. The molecule has 0 amide bonds. The molecule has 1 unspecified atom stereocenters. The largest absolute Gasteiger partial charge is 0.318 e. The molecule has 0 fully saturated rings. The van der Waals surface area contributed by atoms with Crippen LogP contribution in [0, 0.1) is 6.92 Å². The number of aromatic nitrogens is 4. The first-order chi connectivity index (χ1) is 8.63. The second-order valence-electron chi connectivity index (χ2n) is 4.11. The molecule has 0 saturated heterocycles. The van der Waals surface area contributed by atoms with Crippen LogP contribution < -0.4 is 5.73 Å². The average Bonchev–Trinajstić information content (AvgIpc) is 2.70. The summed E-state index contributed by atoms with van der Waals surface area (Å²) in [6, 6.07) is 1.54. The number of halogens is 1. The van der Waals surface area contributed by atoms with Gasteiger partial charge >= 0.3 is 0 Å². The van der Waals surface area contributed by atoms with Crippen LogP contribution >= 0.6 is 15.9 Å². The summed E-state index contributed by atoms with van der Waals surface area (Å²) in [7, 11) is 0. The standard InChI is InChI=1S/C12H16BrN5/c1-3-6-18-12(9(13)7-16-18)11(14)10-4-5-15-8(2)17-10/h4-5,7,11H,3,6,14H2,1-2H3. The van der Waals surface area contributed by atoms with E-state index in [0.717, 1.165) is 34.7 Å². The molecule has 2 aromatic heterocycles. The van der Waals surface area contributed by atoms with Gasteiger partial charge in [0.1, 0.15) is 5.82 Å². The topological polar surface area (TPSA) is 69.6 Å². The Balaban J connectivity index is 2.39. The van der Waals surface area contributed by atoms with Gasteiger partial charge in [-0.3, -0.25) is 4.68 Å². The van der Waals surface area contributed by atoms with Gasteiger partial charge in [-0.05, 0) is 35.3 Å². The smallest absolute Gasteiger partial charge is 0.125 e. The number of hydrogen-bond donors (Lipinski definition) is 1. The lowest BCUT2D eigenvalue weighted by Crippen LogP contribution is -2.19. The molecule has 0 saturated carbocycles. The van der Waals surface area contributed by atoms with Crippen LogP contribution in [0.5, 0.6) is 0 Å². The van der Waals surface area contributed by atoms with Crippen LogP contribution in [0.3, 0.4) is 0 Å². The Morgan fingerprint density at radius 1 is 1.50 bits per heavy atom. The molecule has 0 aliphatic heterocycles. The molecule has 5 nitrogen and oxygen atoms in total. The molecular weight excluding hydrogens is 294 g/mol. The molecule has 2 N–H and O–H groups in total. The summed E-state index contributed by atoms with van der Waals surface area (Å²) < 4.78 is 2.84. The monoisotopic (exact) mass is 309 g/mol. The van der Waals surface area contributed by atoms with Crippen LogP contribution in [0.15, 0.2) is 22.9 Å². The van der Waals surface area contributed by atoms with Gasteiger partial charge in [0.2, 0.25) is 0 Å². The first-order valence-corrected chi connectivity index (χ1v) is 6.69. The fourth-order valence-electron chi connectivity index (χ4n) is 1.86. The third-order valence-corrected chi connectivity index (χ3v) is 3.29. The van der Waals surface area contributed by atoms with Crippen molar-refractivity contribution in [2.24, 2.45) is 5.73 Å². The zero-order chi connectivity index (χ0) is 13.1. The van der Waals surface area contributed by atoms with Crippen molar-refractivity contribution in [2.45, 2.75) is 32.9 Å². The van der Waals surface area contributed by atoms with E-state index in [1.165, 1.54) is 0 Å². The van der Waals surface area contributed by atoms with Gasteiger partial charge in [-0.15, -0.1) is 0 Å². The second kappa shape index (κ2) is 5.58. The van der Waals surface area contributed by atoms with E-state index in [9.17, 15) is 0 Å². The Morgan fingerprint density at radius 3 is 2.94 bits per heavy atom. The van der Waals surface area contributed by atoms with Gasteiger partial charge in [0.15, 0.2) is 0 Å². The van der Waals surface area contributed by atoms with E-state index in [1.54, 1.807) is 12.4 Å². The van der Waals surface area contributed by atoms with Gasteiger partial charge in [-0.25, -0.2) is 9.97 Å². The predicted octanol–water partition coefficient (Wildman–Crippen LogP) is 2.20. The van der Waals surface area contributed by atoms with E-state index in [2.05, 4.69) is 37.9 Å². The highest BCUT2D eigenvalue weighted by Gasteiger charge is 2.19.